The fraction of sp³-hybridized carbons (Fsp3) is 1.00. The van der Waals surface area contributed by atoms with Crippen LogP contribution in [-0.4, -0.2) is 72.5 Å². The number of rotatable bonds is 1. The van der Waals surface area contributed by atoms with Gasteiger partial charge >= 0.3 is 77.2 Å². The van der Waals surface area contributed by atoms with Gasteiger partial charge in [-0.15, -0.1) is 0 Å². The molecular formula is C6H11O5Se-. The molecule has 0 aliphatic carbocycles. The number of hydrogen-bond donors (Lipinski definition) is 4. The number of hydrogen-bond acceptors (Lipinski definition) is 5. The Morgan fingerprint density at radius 3 is 2.17 bits per heavy atom. The van der Waals surface area contributed by atoms with Gasteiger partial charge in [-0.1, -0.05) is 0 Å². The summed E-state index contributed by atoms with van der Waals surface area (Å²) < 4.78 is 4.96. The average molecular weight is 242 g/mol. The van der Waals surface area contributed by atoms with E-state index in [-0.39, 0.29) is 6.61 Å². The standard InChI is InChI=1S/C6H12O5Se/c7-1-2-3(8)4(9)5(10)6(12)11-2/h2-10,12H,1H2/p-1/t2-,3+,4+,5-,6+/m1/s1. The van der Waals surface area contributed by atoms with E-state index in [1.54, 1.807) is 0 Å². The van der Waals surface area contributed by atoms with Crippen molar-refractivity contribution in [2.24, 2.45) is 0 Å². The summed E-state index contributed by atoms with van der Waals surface area (Å²) in [7, 11) is 0. The molecule has 1 aliphatic rings. The number of aliphatic hydroxyl groups is 4. The Kier molecular flexibility index (Phi) is 3.48. The van der Waals surface area contributed by atoms with Crippen LogP contribution in [0.3, 0.4) is 0 Å². The van der Waals surface area contributed by atoms with Crippen molar-refractivity contribution in [2.75, 3.05) is 6.61 Å². The second-order valence-corrected chi connectivity index (χ2v) is 3.67. The van der Waals surface area contributed by atoms with Crippen LogP contribution in [0.15, 0.2) is 0 Å². The molecule has 0 aromatic carbocycles. The maximum absolute atomic E-state index is 9.22. The predicted molar refractivity (Wildman–Crippen MR) is 39.5 cm³/mol. The molecule has 1 heterocycles. The minimum atomic E-state index is -1.28. The van der Waals surface area contributed by atoms with Crippen molar-refractivity contribution < 1.29 is 25.2 Å². The summed E-state index contributed by atoms with van der Waals surface area (Å²) in [5.74, 6) is 0. The molecule has 4 N–H and O–H groups in total. The first-order valence-corrected chi connectivity index (χ1v) is 4.53. The van der Waals surface area contributed by atoms with E-state index in [9.17, 15) is 15.3 Å². The summed E-state index contributed by atoms with van der Waals surface area (Å²) in [4.78, 5) is 0. The Balaban J connectivity index is 2.63. The summed E-state index contributed by atoms with van der Waals surface area (Å²) in [5, 5.41) is 35.6. The zero-order valence-corrected chi connectivity index (χ0v) is 7.91. The maximum atomic E-state index is 9.22. The summed E-state index contributed by atoms with van der Waals surface area (Å²) in [6, 6.07) is 0. The molecule has 5 nitrogen and oxygen atoms in total. The molecule has 1 aliphatic heterocycles. The first-order valence-electron chi connectivity index (χ1n) is 3.54. The van der Waals surface area contributed by atoms with E-state index < -0.39 is 29.4 Å². The van der Waals surface area contributed by atoms with E-state index in [0.29, 0.717) is 0 Å². The van der Waals surface area contributed by atoms with Crippen LogP contribution >= 0.6 is 0 Å². The van der Waals surface area contributed by atoms with E-state index in [1.807, 2.05) is 0 Å². The monoisotopic (exact) mass is 243 g/mol. The van der Waals surface area contributed by atoms with Crippen molar-refractivity contribution >= 4 is 16.0 Å². The van der Waals surface area contributed by atoms with Crippen molar-refractivity contribution in [2.45, 2.75) is 29.4 Å². The second-order valence-electron chi connectivity index (χ2n) is 2.70. The topological polar surface area (TPSA) is 90.2 Å². The Hall–Kier alpha value is 0.319. The van der Waals surface area contributed by atoms with Crippen LogP contribution in [0.4, 0.5) is 0 Å². The third-order valence-corrected chi connectivity index (χ3v) is 2.67. The fourth-order valence-electron chi connectivity index (χ4n) is 1.07. The zero-order valence-electron chi connectivity index (χ0n) is 6.20. The van der Waals surface area contributed by atoms with Gasteiger partial charge in [-0.2, -0.15) is 0 Å². The van der Waals surface area contributed by atoms with Gasteiger partial charge in [0.2, 0.25) is 0 Å². The molecule has 0 radical (unpaired) electrons. The third-order valence-electron chi connectivity index (χ3n) is 1.85. The first-order chi connectivity index (χ1) is 5.57. The van der Waals surface area contributed by atoms with E-state index in [2.05, 4.69) is 16.0 Å². The molecule has 5 atom stereocenters. The van der Waals surface area contributed by atoms with E-state index in [1.165, 1.54) is 0 Å². The van der Waals surface area contributed by atoms with Crippen LogP contribution in [0.2, 0.25) is 0 Å². The van der Waals surface area contributed by atoms with Gasteiger partial charge in [0.1, 0.15) is 0 Å². The van der Waals surface area contributed by atoms with E-state index >= 15 is 0 Å². The summed E-state index contributed by atoms with van der Waals surface area (Å²) in [5.41, 5.74) is 0. The van der Waals surface area contributed by atoms with Crippen LogP contribution in [0.5, 0.6) is 0 Å². The van der Waals surface area contributed by atoms with Gasteiger partial charge < -0.3 is 0 Å². The van der Waals surface area contributed by atoms with Crippen LogP contribution in [0, 0.1) is 0 Å². The fourth-order valence-corrected chi connectivity index (χ4v) is 1.70. The van der Waals surface area contributed by atoms with Crippen LogP contribution in [0.1, 0.15) is 0 Å². The minimum absolute atomic E-state index is 0.386. The molecule has 0 aromatic rings. The molecule has 12 heavy (non-hydrogen) atoms. The van der Waals surface area contributed by atoms with Gasteiger partial charge in [0.05, 0.1) is 0 Å². The Bertz CT molecular complexity index is 150. The van der Waals surface area contributed by atoms with E-state index in [0.717, 1.165) is 0 Å². The van der Waals surface area contributed by atoms with Crippen molar-refractivity contribution in [3.8, 4) is 0 Å². The van der Waals surface area contributed by atoms with E-state index in [4.69, 9.17) is 9.84 Å². The van der Waals surface area contributed by atoms with Gasteiger partial charge in [-0.05, 0) is 0 Å². The van der Waals surface area contributed by atoms with Crippen LogP contribution in [-0.2, 0) is 4.74 Å². The molecule has 0 spiro atoms. The van der Waals surface area contributed by atoms with Crippen molar-refractivity contribution in [3.05, 3.63) is 0 Å². The van der Waals surface area contributed by atoms with Gasteiger partial charge in [0.15, 0.2) is 0 Å². The Morgan fingerprint density at radius 2 is 1.67 bits per heavy atom. The summed E-state index contributed by atoms with van der Waals surface area (Å²) in [6.45, 7) is -0.386. The van der Waals surface area contributed by atoms with Crippen molar-refractivity contribution in [3.63, 3.8) is 0 Å². The van der Waals surface area contributed by atoms with Crippen LogP contribution < -0.4 is 0 Å². The van der Waals surface area contributed by atoms with Gasteiger partial charge in [0.25, 0.3) is 0 Å². The molecule has 0 amide bonds. The molecule has 1 rings (SSSR count). The Labute approximate surface area is 77.8 Å². The molecule has 1 fully saturated rings. The molecule has 0 saturated carbocycles. The zero-order chi connectivity index (χ0) is 9.30. The quantitative estimate of drug-likeness (QED) is 0.367. The molecule has 0 unspecified atom stereocenters. The molecule has 0 aromatic heterocycles. The first kappa shape index (κ1) is 10.4. The van der Waals surface area contributed by atoms with Crippen molar-refractivity contribution in [1.82, 2.24) is 0 Å². The predicted octanol–water partition coefficient (Wildman–Crippen LogP) is -3.05. The SMILES string of the molecule is OC[C@H]1O[C@@H]([Se-])[C@H](O)[C@@H](O)[C@H]1O. The molecule has 1 saturated heterocycles. The van der Waals surface area contributed by atoms with Gasteiger partial charge in [0, 0.05) is 0 Å². The van der Waals surface area contributed by atoms with Crippen LogP contribution in [0.25, 0.3) is 0 Å². The van der Waals surface area contributed by atoms with Gasteiger partial charge in [-0.25, -0.2) is 0 Å². The number of ether oxygens (including phenoxy) is 1. The van der Waals surface area contributed by atoms with Crippen molar-refractivity contribution in [1.29, 1.82) is 0 Å². The third kappa shape index (κ3) is 1.80. The molecule has 72 valence electrons. The molecule has 0 bridgehead atoms. The normalized spacial score (nSPS) is 49.2. The summed E-state index contributed by atoms with van der Waals surface area (Å²) in [6.07, 6.45) is -4.51. The van der Waals surface area contributed by atoms with Gasteiger partial charge in [-0.3, -0.25) is 0 Å². The second kappa shape index (κ2) is 4.02. The summed E-state index contributed by atoms with van der Waals surface area (Å²) >= 11 is 2.49. The molecular weight excluding hydrogens is 231 g/mol. The number of aliphatic hydroxyl groups excluding tert-OH is 4. The molecule has 6 heteroatoms. The Morgan fingerprint density at radius 1 is 1.08 bits per heavy atom. The average Bonchev–Trinajstić information content (AvgIpc) is 2.08.